The average molecular weight is 208 g/mol. The Balaban J connectivity index is 2.99. The van der Waals surface area contributed by atoms with Crippen LogP contribution in [0.25, 0.3) is 5.57 Å². The molecule has 0 fully saturated rings. The number of aryl methyl sites for hydroxylation is 1. The summed E-state index contributed by atoms with van der Waals surface area (Å²) in [5, 5.41) is 0. The first-order chi connectivity index (χ1) is 6.42. The largest absolute Gasteiger partial charge is 0.141 e. The van der Waals surface area contributed by atoms with Gasteiger partial charge in [-0.15, -0.1) is 11.3 Å². The lowest BCUT2D eigenvalue weighted by molar-refractivity contribution is 0.544. The Morgan fingerprint density at radius 2 is 2.00 bits per heavy atom. The molecular weight excluding hydrogens is 188 g/mol. The van der Waals surface area contributed by atoms with Crippen molar-refractivity contribution < 1.29 is 0 Å². The van der Waals surface area contributed by atoms with Gasteiger partial charge in [0.25, 0.3) is 0 Å². The van der Waals surface area contributed by atoms with Crippen LogP contribution < -0.4 is 0 Å². The van der Waals surface area contributed by atoms with Crippen molar-refractivity contribution in [1.29, 1.82) is 0 Å². The van der Waals surface area contributed by atoms with Crippen LogP contribution in [0.15, 0.2) is 18.2 Å². The fraction of sp³-hybridized carbons (Fsp3) is 0.538. The minimum atomic E-state index is 0.281. The van der Waals surface area contributed by atoms with Crippen LogP contribution in [0, 0.1) is 12.3 Å². The Labute approximate surface area is 91.7 Å². The molecule has 0 saturated heterocycles. The van der Waals surface area contributed by atoms with Crippen molar-refractivity contribution in [3.8, 4) is 0 Å². The maximum Gasteiger partial charge on any atom is 0.0302 e. The molecule has 78 valence electrons. The third-order valence-corrected chi connectivity index (χ3v) is 3.12. The molecule has 0 N–H and O–H groups in total. The molecule has 0 aliphatic heterocycles. The third-order valence-electron chi connectivity index (χ3n) is 2.04. The molecule has 0 spiro atoms. The van der Waals surface area contributed by atoms with Crippen LogP contribution in [-0.2, 0) is 0 Å². The highest BCUT2D eigenvalue weighted by Gasteiger charge is 2.09. The molecule has 0 aromatic carbocycles. The standard InChI is InChI=1S/C13H20S/c1-6-11(9-13(3,4)5)12-8-7-10(2)14-12/h7-9H,6H2,1-5H3/b11-9+. The van der Waals surface area contributed by atoms with Gasteiger partial charge in [0.05, 0.1) is 0 Å². The van der Waals surface area contributed by atoms with E-state index in [1.54, 1.807) is 0 Å². The highest BCUT2D eigenvalue weighted by Crippen LogP contribution is 2.30. The van der Waals surface area contributed by atoms with Crippen LogP contribution in [-0.4, -0.2) is 0 Å². The van der Waals surface area contributed by atoms with Gasteiger partial charge in [-0.2, -0.15) is 0 Å². The summed E-state index contributed by atoms with van der Waals surface area (Å²) in [5.74, 6) is 0. The number of thiophene rings is 1. The second-order valence-corrected chi connectivity index (χ2v) is 6.09. The molecule has 1 rings (SSSR count). The number of allylic oxidation sites excluding steroid dienone is 2. The Hall–Kier alpha value is -0.560. The van der Waals surface area contributed by atoms with E-state index in [1.807, 2.05) is 11.3 Å². The smallest absolute Gasteiger partial charge is 0.0302 e. The van der Waals surface area contributed by atoms with E-state index in [0.29, 0.717) is 0 Å². The zero-order valence-corrected chi connectivity index (χ0v) is 10.7. The first-order valence-corrected chi connectivity index (χ1v) is 6.02. The van der Waals surface area contributed by atoms with Crippen molar-refractivity contribution in [2.45, 2.75) is 41.0 Å². The predicted molar refractivity (Wildman–Crippen MR) is 66.8 cm³/mol. The van der Waals surface area contributed by atoms with Crippen LogP contribution in [0.4, 0.5) is 0 Å². The summed E-state index contributed by atoms with van der Waals surface area (Å²) in [5.41, 5.74) is 1.76. The first kappa shape index (κ1) is 11.5. The average Bonchev–Trinajstić information content (AvgIpc) is 2.46. The molecule has 0 nitrogen and oxygen atoms in total. The van der Waals surface area contributed by atoms with Crippen molar-refractivity contribution in [2.24, 2.45) is 5.41 Å². The molecule has 1 heteroatoms. The van der Waals surface area contributed by atoms with Crippen LogP contribution in [0.3, 0.4) is 0 Å². The van der Waals surface area contributed by atoms with Crippen molar-refractivity contribution in [2.75, 3.05) is 0 Å². The molecule has 0 saturated carbocycles. The highest BCUT2D eigenvalue weighted by atomic mass is 32.1. The summed E-state index contributed by atoms with van der Waals surface area (Å²) in [6.45, 7) is 11.2. The molecule has 1 aromatic rings. The minimum absolute atomic E-state index is 0.281. The van der Waals surface area contributed by atoms with Gasteiger partial charge in [0.1, 0.15) is 0 Å². The normalized spacial score (nSPS) is 13.4. The second kappa shape index (κ2) is 4.31. The van der Waals surface area contributed by atoms with Gasteiger partial charge in [-0.1, -0.05) is 33.8 Å². The zero-order valence-electron chi connectivity index (χ0n) is 9.85. The fourth-order valence-corrected chi connectivity index (χ4v) is 2.43. The molecule has 0 aliphatic carbocycles. The maximum atomic E-state index is 2.39. The molecule has 0 bridgehead atoms. The van der Waals surface area contributed by atoms with Crippen molar-refractivity contribution in [3.05, 3.63) is 28.0 Å². The number of hydrogen-bond donors (Lipinski definition) is 0. The Morgan fingerprint density at radius 3 is 2.36 bits per heavy atom. The van der Waals surface area contributed by atoms with E-state index < -0.39 is 0 Å². The molecule has 1 aromatic heterocycles. The van der Waals surface area contributed by atoms with Crippen LogP contribution in [0.2, 0.25) is 0 Å². The van der Waals surface area contributed by atoms with E-state index in [-0.39, 0.29) is 5.41 Å². The molecule has 1 heterocycles. The summed E-state index contributed by atoms with van der Waals surface area (Å²) < 4.78 is 0. The van der Waals surface area contributed by atoms with Gasteiger partial charge in [-0.25, -0.2) is 0 Å². The van der Waals surface area contributed by atoms with Gasteiger partial charge < -0.3 is 0 Å². The SMILES string of the molecule is CC/C(=C\C(C)(C)C)c1ccc(C)s1. The van der Waals surface area contributed by atoms with Gasteiger partial charge in [-0.3, -0.25) is 0 Å². The van der Waals surface area contributed by atoms with Gasteiger partial charge in [-0.05, 0) is 36.5 Å². The molecule has 0 radical (unpaired) electrons. The molecule has 0 unspecified atom stereocenters. The van der Waals surface area contributed by atoms with E-state index in [0.717, 1.165) is 6.42 Å². The lowest BCUT2D eigenvalue weighted by Gasteiger charge is -2.14. The lowest BCUT2D eigenvalue weighted by Crippen LogP contribution is -2.00. The minimum Gasteiger partial charge on any atom is -0.141 e. The van der Waals surface area contributed by atoms with Crippen molar-refractivity contribution in [1.82, 2.24) is 0 Å². The first-order valence-electron chi connectivity index (χ1n) is 5.21. The number of rotatable bonds is 2. The summed E-state index contributed by atoms with van der Waals surface area (Å²) in [6.07, 6.45) is 3.51. The van der Waals surface area contributed by atoms with Gasteiger partial charge >= 0.3 is 0 Å². The summed E-state index contributed by atoms with van der Waals surface area (Å²) >= 11 is 1.89. The Morgan fingerprint density at radius 1 is 1.36 bits per heavy atom. The lowest BCUT2D eigenvalue weighted by atomic mass is 9.92. The van der Waals surface area contributed by atoms with E-state index in [2.05, 4.69) is 52.8 Å². The Kier molecular flexibility index (Phi) is 3.54. The Bertz CT molecular complexity index is 323. The quantitative estimate of drug-likeness (QED) is 0.648. The van der Waals surface area contributed by atoms with Crippen molar-refractivity contribution in [3.63, 3.8) is 0 Å². The monoisotopic (exact) mass is 208 g/mol. The van der Waals surface area contributed by atoms with Crippen molar-refractivity contribution >= 4 is 16.9 Å². The topological polar surface area (TPSA) is 0 Å². The molecule has 0 aliphatic rings. The van der Waals surface area contributed by atoms with E-state index in [4.69, 9.17) is 0 Å². The zero-order chi connectivity index (χ0) is 10.8. The second-order valence-electron chi connectivity index (χ2n) is 4.80. The fourth-order valence-electron chi connectivity index (χ4n) is 1.48. The third kappa shape index (κ3) is 3.30. The van der Waals surface area contributed by atoms with E-state index in [9.17, 15) is 0 Å². The molecular formula is C13H20S. The molecule has 0 atom stereocenters. The molecule has 0 amide bonds. The summed E-state index contributed by atoms with van der Waals surface area (Å²) in [6, 6.07) is 4.44. The van der Waals surface area contributed by atoms with Crippen LogP contribution >= 0.6 is 11.3 Å². The van der Waals surface area contributed by atoms with Gasteiger partial charge in [0, 0.05) is 9.75 Å². The maximum absolute atomic E-state index is 2.39. The van der Waals surface area contributed by atoms with Crippen LogP contribution in [0.1, 0.15) is 43.9 Å². The van der Waals surface area contributed by atoms with E-state index >= 15 is 0 Å². The predicted octanol–water partition coefficient (Wildman–Crippen LogP) is 4.90. The summed E-state index contributed by atoms with van der Waals surface area (Å²) in [7, 11) is 0. The van der Waals surface area contributed by atoms with Gasteiger partial charge in [0.2, 0.25) is 0 Å². The summed E-state index contributed by atoms with van der Waals surface area (Å²) in [4.78, 5) is 2.83. The molecule has 14 heavy (non-hydrogen) atoms. The number of hydrogen-bond acceptors (Lipinski definition) is 1. The van der Waals surface area contributed by atoms with E-state index in [1.165, 1.54) is 15.3 Å². The van der Waals surface area contributed by atoms with Gasteiger partial charge in [0.15, 0.2) is 0 Å². The van der Waals surface area contributed by atoms with Crippen LogP contribution in [0.5, 0.6) is 0 Å². The highest BCUT2D eigenvalue weighted by molar-refractivity contribution is 7.13.